The van der Waals surface area contributed by atoms with Gasteiger partial charge in [-0.2, -0.15) is 13.2 Å². The average molecular weight is 507 g/mol. The molecule has 37 heavy (non-hydrogen) atoms. The first-order valence-electron chi connectivity index (χ1n) is 12.5. The smallest absolute Gasteiger partial charge is 0.376 e. The maximum absolute atomic E-state index is 14.6. The number of halogens is 3. The molecule has 6 heteroatoms. The van der Waals surface area contributed by atoms with Crippen molar-refractivity contribution in [1.82, 2.24) is 9.47 Å². The monoisotopic (exact) mass is 506 g/mol. The fourth-order valence-electron chi connectivity index (χ4n) is 5.07. The summed E-state index contributed by atoms with van der Waals surface area (Å²) in [6.45, 7) is 8.76. The van der Waals surface area contributed by atoms with E-state index in [1.807, 2.05) is 18.2 Å². The van der Waals surface area contributed by atoms with Crippen molar-refractivity contribution in [3.05, 3.63) is 125 Å². The number of para-hydroxylation sites is 1. The van der Waals surface area contributed by atoms with Crippen molar-refractivity contribution in [3.63, 3.8) is 0 Å². The summed E-state index contributed by atoms with van der Waals surface area (Å²) < 4.78 is 45.3. The number of aromatic nitrogens is 1. The Hall–Kier alpha value is -3.35. The Labute approximate surface area is 216 Å². The van der Waals surface area contributed by atoms with Crippen LogP contribution in [0, 0.1) is 0 Å². The fourth-order valence-corrected chi connectivity index (χ4v) is 5.07. The van der Waals surface area contributed by atoms with E-state index in [9.17, 15) is 18.3 Å². The lowest BCUT2D eigenvalue weighted by Crippen LogP contribution is -2.37. The number of aliphatic hydroxyl groups is 1. The Morgan fingerprint density at radius 1 is 0.703 bits per heavy atom. The van der Waals surface area contributed by atoms with Crippen LogP contribution in [0.1, 0.15) is 55.6 Å². The van der Waals surface area contributed by atoms with Gasteiger partial charge in [-0.1, -0.05) is 72.8 Å². The van der Waals surface area contributed by atoms with Gasteiger partial charge in [-0.25, -0.2) is 0 Å². The van der Waals surface area contributed by atoms with Gasteiger partial charge in [0.2, 0.25) is 0 Å². The van der Waals surface area contributed by atoms with E-state index >= 15 is 0 Å². The quantitative estimate of drug-likeness (QED) is 0.252. The first kappa shape index (κ1) is 26.7. The van der Waals surface area contributed by atoms with Crippen molar-refractivity contribution >= 4 is 0 Å². The van der Waals surface area contributed by atoms with Crippen molar-refractivity contribution < 1.29 is 18.3 Å². The molecule has 4 aromatic rings. The second-order valence-corrected chi connectivity index (χ2v) is 9.87. The molecule has 0 bridgehead atoms. The van der Waals surface area contributed by atoms with Crippen LogP contribution in [0.2, 0.25) is 0 Å². The van der Waals surface area contributed by atoms with E-state index in [2.05, 4.69) is 32.6 Å². The van der Waals surface area contributed by atoms with Crippen LogP contribution in [0.4, 0.5) is 13.2 Å². The van der Waals surface area contributed by atoms with E-state index < -0.39 is 17.3 Å². The maximum Gasteiger partial charge on any atom is 0.418 e. The van der Waals surface area contributed by atoms with Crippen LogP contribution in [0.25, 0.3) is 5.69 Å². The molecule has 0 unspecified atom stereocenters. The van der Waals surface area contributed by atoms with Gasteiger partial charge in [0.1, 0.15) is 5.60 Å². The molecule has 3 nitrogen and oxygen atoms in total. The highest BCUT2D eigenvalue weighted by Crippen LogP contribution is 2.44. The van der Waals surface area contributed by atoms with E-state index in [-0.39, 0.29) is 23.3 Å². The van der Waals surface area contributed by atoms with E-state index in [4.69, 9.17) is 0 Å². The van der Waals surface area contributed by atoms with E-state index in [1.54, 1.807) is 71.4 Å². The first-order chi connectivity index (χ1) is 17.5. The highest BCUT2D eigenvalue weighted by atomic mass is 19.4. The minimum Gasteiger partial charge on any atom is -0.376 e. The summed E-state index contributed by atoms with van der Waals surface area (Å²) in [4.78, 5) is 2.22. The molecule has 0 saturated heterocycles. The molecule has 0 amide bonds. The summed E-state index contributed by atoms with van der Waals surface area (Å²) in [5.74, 6) is 0. The van der Waals surface area contributed by atoms with E-state index in [0.717, 1.165) is 6.07 Å². The summed E-state index contributed by atoms with van der Waals surface area (Å²) in [5.41, 5.74) is -0.841. The Balaban J connectivity index is 2.04. The molecule has 0 radical (unpaired) electrons. The van der Waals surface area contributed by atoms with Crippen LogP contribution in [0.3, 0.4) is 0 Å². The van der Waals surface area contributed by atoms with Crippen LogP contribution in [-0.4, -0.2) is 26.7 Å². The zero-order valence-corrected chi connectivity index (χ0v) is 21.6. The number of alkyl halides is 3. The van der Waals surface area contributed by atoms with Gasteiger partial charge in [-0.15, -0.1) is 0 Å². The Morgan fingerprint density at radius 3 is 1.70 bits per heavy atom. The molecule has 194 valence electrons. The second-order valence-electron chi connectivity index (χ2n) is 9.87. The summed E-state index contributed by atoms with van der Waals surface area (Å²) >= 11 is 0. The first-order valence-corrected chi connectivity index (χ1v) is 12.5. The standard InChI is InChI=1S/C31H33F3N2O/c1-22(2)36(23(3)4)21-26-17-12-20-35(26)29-27(18-11-19-28(29)31(32,33)34)30(37,24-13-7-5-8-14-24)25-15-9-6-10-16-25/h5-20,22-23,37H,21H2,1-4H3. The third-order valence-corrected chi connectivity index (χ3v) is 6.86. The van der Waals surface area contributed by atoms with Gasteiger partial charge in [-0.05, 0) is 57.0 Å². The van der Waals surface area contributed by atoms with Gasteiger partial charge in [0.25, 0.3) is 0 Å². The van der Waals surface area contributed by atoms with Crippen molar-refractivity contribution in [2.45, 2.75) is 58.1 Å². The molecule has 4 rings (SSSR count). The van der Waals surface area contributed by atoms with Crippen LogP contribution < -0.4 is 0 Å². The molecule has 1 heterocycles. The molecule has 0 spiro atoms. The van der Waals surface area contributed by atoms with Gasteiger partial charge >= 0.3 is 6.18 Å². The van der Waals surface area contributed by atoms with Crippen molar-refractivity contribution in [1.29, 1.82) is 0 Å². The predicted octanol–water partition coefficient (Wildman–Crippen LogP) is 7.40. The van der Waals surface area contributed by atoms with E-state index in [0.29, 0.717) is 23.4 Å². The number of rotatable bonds is 8. The zero-order valence-electron chi connectivity index (χ0n) is 21.6. The molecule has 0 fully saturated rings. The Kier molecular flexibility index (Phi) is 7.62. The minimum absolute atomic E-state index is 0.0716. The number of nitrogens with zero attached hydrogens (tertiary/aromatic N) is 2. The number of hydrogen-bond acceptors (Lipinski definition) is 2. The van der Waals surface area contributed by atoms with Crippen molar-refractivity contribution in [2.24, 2.45) is 0 Å². The van der Waals surface area contributed by atoms with Gasteiger partial charge in [0.05, 0.1) is 11.3 Å². The molecule has 0 aliphatic carbocycles. The molecule has 0 saturated carbocycles. The second kappa shape index (κ2) is 10.6. The molecule has 0 aliphatic heterocycles. The predicted molar refractivity (Wildman–Crippen MR) is 142 cm³/mol. The van der Waals surface area contributed by atoms with Gasteiger partial charge in [-0.3, -0.25) is 4.90 Å². The molecule has 0 aliphatic rings. The topological polar surface area (TPSA) is 28.4 Å². The third-order valence-electron chi connectivity index (χ3n) is 6.86. The van der Waals surface area contributed by atoms with Crippen molar-refractivity contribution in [2.75, 3.05) is 0 Å². The van der Waals surface area contributed by atoms with Gasteiger partial charge in [0.15, 0.2) is 0 Å². The highest BCUT2D eigenvalue weighted by molar-refractivity contribution is 5.60. The lowest BCUT2D eigenvalue weighted by Gasteiger charge is -2.34. The van der Waals surface area contributed by atoms with Crippen LogP contribution in [0.5, 0.6) is 0 Å². The van der Waals surface area contributed by atoms with Gasteiger partial charge < -0.3 is 9.67 Å². The molecular formula is C31H33F3N2O. The molecule has 1 aromatic heterocycles. The highest BCUT2D eigenvalue weighted by Gasteiger charge is 2.42. The summed E-state index contributed by atoms with van der Waals surface area (Å²) in [7, 11) is 0. The normalized spacial score (nSPS) is 12.6. The number of hydrogen-bond donors (Lipinski definition) is 1. The summed E-state index contributed by atoms with van der Waals surface area (Å²) in [6, 6.07) is 25.8. The molecule has 3 aromatic carbocycles. The van der Waals surface area contributed by atoms with Crippen LogP contribution >= 0.6 is 0 Å². The van der Waals surface area contributed by atoms with E-state index in [1.165, 1.54) is 6.07 Å². The molecule has 1 N–H and O–H groups in total. The maximum atomic E-state index is 14.6. The zero-order chi connectivity index (χ0) is 26.8. The van der Waals surface area contributed by atoms with Gasteiger partial charge in [0, 0.05) is 36.1 Å². The Bertz CT molecular complexity index is 1260. The molecular weight excluding hydrogens is 473 g/mol. The fraction of sp³-hybridized carbons (Fsp3) is 0.290. The largest absolute Gasteiger partial charge is 0.418 e. The average Bonchev–Trinajstić information content (AvgIpc) is 3.34. The summed E-state index contributed by atoms with van der Waals surface area (Å²) in [5, 5.41) is 12.5. The SMILES string of the molecule is CC(C)N(Cc1cccn1-c1c(C(F)(F)F)cccc1C(O)(c1ccccc1)c1ccccc1)C(C)C. The third kappa shape index (κ3) is 5.22. The van der Waals surface area contributed by atoms with Crippen LogP contribution in [-0.2, 0) is 18.3 Å². The van der Waals surface area contributed by atoms with Crippen molar-refractivity contribution in [3.8, 4) is 5.69 Å². The minimum atomic E-state index is -4.63. The molecule has 0 atom stereocenters. The van der Waals surface area contributed by atoms with Crippen LogP contribution in [0.15, 0.2) is 97.2 Å². The summed E-state index contributed by atoms with van der Waals surface area (Å²) in [6.07, 6.45) is -2.98. The lowest BCUT2D eigenvalue weighted by molar-refractivity contribution is -0.137. The Morgan fingerprint density at radius 2 is 1.22 bits per heavy atom. The number of benzene rings is 3. The lowest BCUT2D eigenvalue weighted by atomic mass is 9.78.